The van der Waals surface area contributed by atoms with Gasteiger partial charge in [-0.15, -0.1) is 0 Å². The van der Waals surface area contributed by atoms with Crippen LogP contribution in [0.1, 0.15) is 155 Å². The highest BCUT2D eigenvalue weighted by molar-refractivity contribution is 7.45. The Kier molecular flexibility index (Phi) is 34.1. The predicted molar refractivity (Wildman–Crippen MR) is 149 cm³/mol. The van der Waals surface area contributed by atoms with Gasteiger partial charge in [0.05, 0.1) is 13.2 Å². The van der Waals surface area contributed by atoms with Crippen molar-refractivity contribution in [2.24, 2.45) is 0 Å². The van der Waals surface area contributed by atoms with Crippen LogP contribution >= 0.6 is 7.82 Å². The summed E-state index contributed by atoms with van der Waals surface area (Å²) in [4.78, 5) is 21.6. The maximum Gasteiger partial charge on any atom is 0.466 e. The van der Waals surface area contributed by atoms with E-state index in [0.717, 1.165) is 26.4 Å². The number of ether oxygens (including phenoxy) is 2. The monoisotopic (exact) mass is 524 g/mol. The molecule has 0 radical (unpaired) electrons. The summed E-state index contributed by atoms with van der Waals surface area (Å²) in [6.45, 7) is 8.58. The average molecular weight is 525 g/mol. The van der Waals surface area contributed by atoms with Gasteiger partial charge in [0.15, 0.2) is 0 Å². The standard InChI is InChI=1S/C26H54O.C2H4O.H3O4P/c1-3-5-7-9-11-13-15-17-19-21-23-25-27-26-24-22-20-18-16-14-12-10-8-6-4-2;1-2-3-1;1-5(2,3)4/h3-26H2,1-2H3;1-2H2;(H3,1,2,3,4). The van der Waals surface area contributed by atoms with E-state index in [1.807, 2.05) is 0 Å². The van der Waals surface area contributed by atoms with Crippen molar-refractivity contribution in [2.45, 2.75) is 155 Å². The van der Waals surface area contributed by atoms with Gasteiger partial charge in [0, 0.05) is 13.2 Å². The van der Waals surface area contributed by atoms with E-state index in [-0.39, 0.29) is 0 Å². The van der Waals surface area contributed by atoms with Crippen LogP contribution in [0.5, 0.6) is 0 Å². The first-order valence-electron chi connectivity index (χ1n) is 14.9. The van der Waals surface area contributed by atoms with Crippen molar-refractivity contribution in [3.8, 4) is 0 Å². The highest BCUT2D eigenvalue weighted by Gasteiger charge is 2.00. The van der Waals surface area contributed by atoms with Crippen LogP contribution in [0.3, 0.4) is 0 Å². The molecule has 0 unspecified atom stereocenters. The van der Waals surface area contributed by atoms with E-state index in [2.05, 4.69) is 18.6 Å². The second-order valence-corrected chi connectivity index (χ2v) is 10.8. The lowest BCUT2D eigenvalue weighted by Gasteiger charge is -2.05. The SMILES string of the molecule is C1CO1.CCCCCCCCCCCCCOCCCCCCCCCCCCC.O=P(O)(O)O. The van der Waals surface area contributed by atoms with Gasteiger partial charge in [-0.25, -0.2) is 4.57 Å². The maximum absolute atomic E-state index is 8.88. The van der Waals surface area contributed by atoms with Crippen LogP contribution in [-0.4, -0.2) is 41.1 Å². The molecule has 0 bridgehead atoms. The number of epoxide rings is 1. The largest absolute Gasteiger partial charge is 0.466 e. The van der Waals surface area contributed by atoms with Gasteiger partial charge in [-0.05, 0) is 12.8 Å². The third kappa shape index (κ3) is 55.7. The van der Waals surface area contributed by atoms with E-state index in [0.29, 0.717) is 0 Å². The minimum Gasteiger partial charge on any atom is -0.381 e. The molecule has 3 N–H and O–H groups in total. The molecule has 1 aliphatic heterocycles. The van der Waals surface area contributed by atoms with Gasteiger partial charge in [0.2, 0.25) is 0 Å². The lowest BCUT2D eigenvalue weighted by atomic mass is 10.1. The smallest absolute Gasteiger partial charge is 0.381 e. The van der Waals surface area contributed by atoms with Crippen molar-refractivity contribution in [3.05, 3.63) is 0 Å². The van der Waals surface area contributed by atoms with Crippen LogP contribution in [0.2, 0.25) is 0 Å². The molecule has 1 rings (SSSR count). The molecule has 0 aromatic rings. The minimum atomic E-state index is -4.64. The fraction of sp³-hybridized carbons (Fsp3) is 1.00. The quantitative estimate of drug-likeness (QED) is 0.0663. The first-order valence-corrected chi connectivity index (χ1v) is 16.4. The Hall–Kier alpha value is 0.0300. The van der Waals surface area contributed by atoms with Gasteiger partial charge in [-0.3, -0.25) is 0 Å². The number of rotatable bonds is 24. The predicted octanol–water partition coefficient (Wildman–Crippen LogP) is 8.71. The molecule has 7 heteroatoms. The Labute approximate surface area is 218 Å². The summed E-state index contributed by atoms with van der Waals surface area (Å²) in [5, 5.41) is 0. The van der Waals surface area contributed by atoms with Crippen LogP contribution < -0.4 is 0 Å². The first-order chi connectivity index (χ1) is 16.9. The topological polar surface area (TPSA) is 99.5 Å². The van der Waals surface area contributed by atoms with Crippen molar-refractivity contribution in [1.29, 1.82) is 0 Å². The average Bonchev–Trinajstić information content (AvgIpc) is 3.68. The number of hydrogen-bond acceptors (Lipinski definition) is 3. The Morgan fingerprint density at radius 1 is 0.514 bits per heavy atom. The fourth-order valence-electron chi connectivity index (χ4n) is 3.84. The van der Waals surface area contributed by atoms with Gasteiger partial charge in [0.1, 0.15) is 0 Å². The second-order valence-electron chi connectivity index (χ2n) is 9.81. The number of phosphoric acid groups is 1. The second kappa shape index (κ2) is 32.1. The van der Waals surface area contributed by atoms with Gasteiger partial charge < -0.3 is 24.2 Å². The number of unbranched alkanes of at least 4 members (excludes halogenated alkanes) is 20. The summed E-state index contributed by atoms with van der Waals surface area (Å²) in [7, 11) is -4.64. The third-order valence-electron chi connectivity index (χ3n) is 5.99. The normalized spacial score (nSPS) is 12.5. The third-order valence-corrected chi connectivity index (χ3v) is 5.99. The van der Waals surface area contributed by atoms with Gasteiger partial charge >= 0.3 is 7.82 Å². The molecule has 6 nitrogen and oxygen atoms in total. The van der Waals surface area contributed by atoms with Gasteiger partial charge in [-0.2, -0.15) is 0 Å². The highest BCUT2D eigenvalue weighted by atomic mass is 31.2. The Balaban J connectivity index is 0. The number of hydrogen-bond donors (Lipinski definition) is 3. The lowest BCUT2D eigenvalue weighted by Crippen LogP contribution is -1.97. The van der Waals surface area contributed by atoms with Crippen molar-refractivity contribution in [1.82, 2.24) is 0 Å². The molecule has 1 saturated heterocycles. The highest BCUT2D eigenvalue weighted by Crippen LogP contribution is 2.25. The summed E-state index contributed by atoms with van der Waals surface area (Å²) < 4.78 is 19.2. The van der Waals surface area contributed by atoms with E-state index in [4.69, 9.17) is 24.0 Å². The summed E-state index contributed by atoms with van der Waals surface area (Å²) in [5.74, 6) is 0. The molecular formula is C28H61O6P. The Morgan fingerprint density at radius 3 is 0.914 bits per heavy atom. The zero-order valence-corrected chi connectivity index (χ0v) is 24.3. The van der Waals surface area contributed by atoms with E-state index in [1.54, 1.807) is 0 Å². The van der Waals surface area contributed by atoms with E-state index >= 15 is 0 Å². The van der Waals surface area contributed by atoms with Crippen molar-refractivity contribution in [2.75, 3.05) is 26.4 Å². The van der Waals surface area contributed by atoms with Crippen LogP contribution in [0.25, 0.3) is 0 Å². The van der Waals surface area contributed by atoms with E-state index in [9.17, 15) is 0 Å². The molecular weight excluding hydrogens is 463 g/mol. The summed E-state index contributed by atoms with van der Waals surface area (Å²) >= 11 is 0. The van der Waals surface area contributed by atoms with Crippen LogP contribution in [-0.2, 0) is 14.0 Å². The minimum absolute atomic E-state index is 0.995. The van der Waals surface area contributed by atoms with Crippen LogP contribution in [0.4, 0.5) is 0 Å². The van der Waals surface area contributed by atoms with Crippen molar-refractivity contribution >= 4 is 7.82 Å². The summed E-state index contributed by atoms with van der Waals surface area (Å²) in [5.41, 5.74) is 0. The molecule has 0 spiro atoms. The van der Waals surface area contributed by atoms with Gasteiger partial charge in [0.25, 0.3) is 0 Å². The molecule has 35 heavy (non-hydrogen) atoms. The molecule has 1 heterocycles. The van der Waals surface area contributed by atoms with Crippen molar-refractivity contribution in [3.63, 3.8) is 0 Å². The molecule has 0 saturated carbocycles. The Morgan fingerprint density at radius 2 is 0.714 bits per heavy atom. The first kappa shape index (κ1) is 37.2. The van der Waals surface area contributed by atoms with E-state index in [1.165, 1.54) is 141 Å². The zero-order valence-electron chi connectivity index (χ0n) is 23.4. The molecule has 0 aromatic carbocycles. The molecule has 0 atom stereocenters. The molecule has 0 aromatic heterocycles. The lowest BCUT2D eigenvalue weighted by molar-refractivity contribution is 0.125. The Bertz CT molecular complexity index is 379. The fourth-order valence-corrected chi connectivity index (χ4v) is 3.84. The zero-order chi connectivity index (χ0) is 26.3. The molecule has 1 aliphatic rings. The summed E-state index contributed by atoms with van der Waals surface area (Å²) in [6, 6.07) is 0. The van der Waals surface area contributed by atoms with E-state index < -0.39 is 7.82 Å². The molecule has 1 fully saturated rings. The summed E-state index contributed by atoms with van der Waals surface area (Å²) in [6.07, 6.45) is 31.1. The van der Waals surface area contributed by atoms with Crippen molar-refractivity contribution < 1.29 is 28.7 Å². The van der Waals surface area contributed by atoms with Crippen LogP contribution in [0, 0.1) is 0 Å². The molecule has 214 valence electrons. The molecule has 0 amide bonds. The maximum atomic E-state index is 8.88. The molecule has 0 aliphatic carbocycles. The van der Waals surface area contributed by atoms with Crippen LogP contribution in [0.15, 0.2) is 0 Å². The van der Waals surface area contributed by atoms with Gasteiger partial charge in [-0.1, -0.05) is 142 Å².